The molecule has 142 valence electrons. The second kappa shape index (κ2) is 7.27. The van der Waals surface area contributed by atoms with E-state index in [2.05, 4.69) is 28.1 Å². The molecule has 1 aliphatic carbocycles. The number of piperidine rings is 1. The topological polar surface area (TPSA) is 79.5 Å². The summed E-state index contributed by atoms with van der Waals surface area (Å²) in [6, 6.07) is 10.8. The SMILES string of the molecule is CC(C)(C)OC(=O)NC1(C(=O)N[C@H]2CC[C@@H](c3ccccc3)NC2)CC1. The van der Waals surface area contributed by atoms with Crippen molar-refractivity contribution in [2.75, 3.05) is 6.54 Å². The van der Waals surface area contributed by atoms with Gasteiger partial charge in [-0.25, -0.2) is 4.79 Å². The molecule has 6 heteroatoms. The van der Waals surface area contributed by atoms with Gasteiger partial charge < -0.3 is 20.7 Å². The molecular formula is C20H29N3O3. The van der Waals surface area contributed by atoms with E-state index in [9.17, 15) is 9.59 Å². The second-order valence-electron chi connectivity index (χ2n) is 8.33. The number of alkyl carbamates (subject to hydrolysis) is 1. The van der Waals surface area contributed by atoms with E-state index >= 15 is 0 Å². The zero-order valence-electron chi connectivity index (χ0n) is 15.8. The number of benzene rings is 1. The molecule has 6 nitrogen and oxygen atoms in total. The number of hydrogen-bond acceptors (Lipinski definition) is 4. The Labute approximate surface area is 155 Å². The van der Waals surface area contributed by atoms with Gasteiger partial charge in [-0.2, -0.15) is 0 Å². The minimum Gasteiger partial charge on any atom is -0.444 e. The number of hydrogen-bond donors (Lipinski definition) is 3. The standard InChI is InChI=1S/C20H29N3O3/c1-19(2,3)26-18(25)23-20(11-12-20)17(24)22-15-9-10-16(21-13-15)14-7-5-4-6-8-14/h4-8,15-16,21H,9-13H2,1-3H3,(H,22,24)(H,23,25)/t15-,16-/m0/s1. The van der Waals surface area contributed by atoms with Crippen molar-refractivity contribution in [1.82, 2.24) is 16.0 Å². The molecule has 3 N–H and O–H groups in total. The van der Waals surface area contributed by atoms with Crippen LogP contribution in [0.25, 0.3) is 0 Å². The fourth-order valence-corrected chi connectivity index (χ4v) is 3.31. The average Bonchev–Trinajstić information content (AvgIpc) is 3.35. The van der Waals surface area contributed by atoms with Gasteiger partial charge in [0.1, 0.15) is 11.1 Å². The number of carbonyl (C=O) groups excluding carboxylic acids is 2. The van der Waals surface area contributed by atoms with Gasteiger partial charge in [0.25, 0.3) is 0 Å². The van der Waals surface area contributed by atoms with Gasteiger partial charge in [0, 0.05) is 18.6 Å². The number of nitrogens with one attached hydrogen (secondary N) is 3. The lowest BCUT2D eigenvalue weighted by atomic mass is 9.95. The average molecular weight is 359 g/mol. The number of amides is 2. The predicted octanol–water partition coefficient (Wildman–Crippen LogP) is 2.65. The van der Waals surface area contributed by atoms with Gasteiger partial charge in [-0.3, -0.25) is 4.79 Å². The fraction of sp³-hybridized carbons (Fsp3) is 0.600. The van der Waals surface area contributed by atoms with Gasteiger partial charge in [0.2, 0.25) is 5.91 Å². The molecule has 0 spiro atoms. The van der Waals surface area contributed by atoms with Crippen molar-refractivity contribution in [2.24, 2.45) is 0 Å². The largest absolute Gasteiger partial charge is 0.444 e. The Balaban J connectivity index is 1.47. The molecule has 2 atom stereocenters. The maximum atomic E-state index is 12.6. The molecule has 0 bridgehead atoms. The van der Waals surface area contributed by atoms with Crippen LogP contribution in [0.15, 0.2) is 30.3 Å². The van der Waals surface area contributed by atoms with Gasteiger partial charge in [0.15, 0.2) is 0 Å². The van der Waals surface area contributed by atoms with E-state index in [4.69, 9.17) is 4.74 Å². The molecule has 26 heavy (non-hydrogen) atoms. The van der Waals surface area contributed by atoms with E-state index in [1.165, 1.54) is 5.56 Å². The zero-order valence-corrected chi connectivity index (χ0v) is 15.8. The molecule has 0 unspecified atom stereocenters. The first-order valence-corrected chi connectivity index (χ1v) is 9.38. The first kappa shape index (κ1) is 18.7. The van der Waals surface area contributed by atoms with Crippen molar-refractivity contribution in [2.45, 2.75) is 69.7 Å². The Bertz CT molecular complexity index is 642. The smallest absolute Gasteiger partial charge is 0.408 e. The van der Waals surface area contributed by atoms with E-state index in [1.54, 1.807) is 0 Å². The molecule has 1 heterocycles. The van der Waals surface area contributed by atoms with Gasteiger partial charge in [0.05, 0.1) is 0 Å². The predicted molar refractivity (Wildman–Crippen MR) is 99.7 cm³/mol. The van der Waals surface area contributed by atoms with Crippen molar-refractivity contribution < 1.29 is 14.3 Å². The van der Waals surface area contributed by atoms with Crippen molar-refractivity contribution in [3.8, 4) is 0 Å². The van der Waals surface area contributed by atoms with Gasteiger partial charge in [-0.15, -0.1) is 0 Å². The Morgan fingerprint density at radius 2 is 1.85 bits per heavy atom. The minimum absolute atomic E-state index is 0.0837. The van der Waals surface area contributed by atoms with E-state index < -0.39 is 17.2 Å². The van der Waals surface area contributed by atoms with E-state index in [0.29, 0.717) is 18.9 Å². The van der Waals surface area contributed by atoms with E-state index in [1.807, 2.05) is 39.0 Å². The molecule has 2 aliphatic rings. The van der Waals surface area contributed by atoms with Crippen LogP contribution in [-0.2, 0) is 9.53 Å². The van der Waals surface area contributed by atoms with Crippen LogP contribution in [0, 0.1) is 0 Å². The molecule has 1 saturated heterocycles. The van der Waals surface area contributed by atoms with Crippen LogP contribution < -0.4 is 16.0 Å². The van der Waals surface area contributed by atoms with Crippen LogP contribution >= 0.6 is 0 Å². The summed E-state index contributed by atoms with van der Waals surface area (Å²) in [7, 11) is 0. The highest BCUT2D eigenvalue weighted by Crippen LogP contribution is 2.36. The zero-order chi connectivity index (χ0) is 18.8. The maximum absolute atomic E-state index is 12.6. The molecule has 1 saturated carbocycles. The van der Waals surface area contributed by atoms with Crippen LogP contribution in [0.3, 0.4) is 0 Å². The van der Waals surface area contributed by atoms with Gasteiger partial charge in [-0.1, -0.05) is 30.3 Å². The summed E-state index contributed by atoms with van der Waals surface area (Å²) in [4.78, 5) is 24.6. The minimum atomic E-state index is -0.793. The molecule has 2 amide bonds. The van der Waals surface area contributed by atoms with Crippen LogP contribution in [0.2, 0.25) is 0 Å². The molecule has 3 rings (SSSR count). The molecule has 1 aliphatic heterocycles. The summed E-state index contributed by atoms with van der Waals surface area (Å²) < 4.78 is 5.27. The number of rotatable bonds is 4. The van der Waals surface area contributed by atoms with Crippen molar-refractivity contribution in [3.63, 3.8) is 0 Å². The van der Waals surface area contributed by atoms with E-state index in [-0.39, 0.29) is 11.9 Å². The highest BCUT2D eigenvalue weighted by atomic mass is 16.6. The molecule has 0 radical (unpaired) electrons. The summed E-state index contributed by atoms with van der Waals surface area (Å²) in [5, 5.41) is 9.35. The highest BCUT2D eigenvalue weighted by molar-refractivity contribution is 5.93. The molecule has 2 fully saturated rings. The summed E-state index contributed by atoms with van der Waals surface area (Å²) in [5.74, 6) is -0.103. The van der Waals surface area contributed by atoms with E-state index in [0.717, 1.165) is 19.4 Å². The van der Waals surface area contributed by atoms with Crippen molar-refractivity contribution in [3.05, 3.63) is 35.9 Å². The summed E-state index contributed by atoms with van der Waals surface area (Å²) in [5.41, 5.74) is -0.0860. The van der Waals surface area contributed by atoms with Gasteiger partial charge in [-0.05, 0) is 52.0 Å². The van der Waals surface area contributed by atoms with Crippen molar-refractivity contribution in [1.29, 1.82) is 0 Å². The molecule has 1 aromatic rings. The summed E-state index contributed by atoms with van der Waals surface area (Å²) in [6.07, 6.45) is 2.67. The second-order valence-corrected chi connectivity index (χ2v) is 8.33. The monoisotopic (exact) mass is 359 g/mol. The van der Waals surface area contributed by atoms with Crippen molar-refractivity contribution >= 4 is 12.0 Å². The Morgan fingerprint density at radius 3 is 2.38 bits per heavy atom. The first-order chi connectivity index (χ1) is 12.3. The lowest BCUT2D eigenvalue weighted by Gasteiger charge is -2.32. The molecule has 1 aromatic carbocycles. The van der Waals surface area contributed by atoms with Crippen LogP contribution in [0.5, 0.6) is 0 Å². The third-order valence-electron chi connectivity index (χ3n) is 4.88. The molecule has 0 aromatic heterocycles. The van der Waals surface area contributed by atoms with Crippen LogP contribution in [-0.4, -0.2) is 35.7 Å². The fourth-order valence-electron chi connectivity index (χ4n) is 3.31. The lowest BCUT2D eigenvalue weighted by Crippen LogP contribution is -2.55. The third kappa shape index (κ3) is 4.75. The maximum Gasteiger partial charge on any atom is 0.408 e. The normalized spacial score (nSPS) is 24.4. The Kier molecular flexibility index (Phi) is 5.23. The van der Waals surface area contributed by atoms with Crippen LogP contribution in [0.4, 0.5) is 4.79 Å². The number of ether oxygens (including phenoxy) is 1. The molecular weight excluding hydrogens is 330 g/mol. The highest BCUT2D eigenvalue weighted by Gasteiger charge is 2.52. The third-order valence-corrected chi connectivity index (χ3v) is 4.88. The quantitative estimate of drug-likeness (QED) is 0.772. The lowest BCUT2D eigenvalue weighted by molar-refractivity contribution is -0.125. The Morgan fingerprint density at radius 1 is 1.15 bits per heavy atom. The Hall–Kier alpha value is -2.08. The van der Waals surface area contributed by atoms with Gasteiger partial charge >= 0.3 is 6.09 Å². The summed E-state index contributed by atoms with van der Waals surface area (Å²) in [6.45, 7) is 6.16. The first-order valence-electron chi connectivity index (χ1n) is 9.38. The van der Waals surface area contributed by atoms with Crippen LogP contribution in [0.1, 0.15) is 58.1 Å². The summed E-state index contributed by atoms with van der Waals surface area (Å²) >= 11 is 0. The number of carbonyl (C=O) groups is 2.